The van der Waals surface area contributed by atoms with E-state index in [4.69, 9.17) is 9.15 Å². The van der Waals surface area contributed by atoms with Gasteiger partial charge in [0, 0.05) is 14.1 Å². The summed E-state index contributed by atoms with van der Waals surface area (Å²) in [7, 11) is 2.26. The second-order valence-electron chi connectivity index (χ2n) is 9.04. The number of carbonyl (C=O) groups excluding carboxylic acids is 3. The van der Waals surface area contributed by atoms with E-state index in [2.05, 4.69) is 4.99 Å². The van der Waals surface area contributed by atoms with Gasteiger partial charge < -0.3 is 14.3 Å². The van der Waals surface area contributed by atoms with Crippen LogP contribution < -0.4 is 5.43 Å². The summed E-state index contributed by atoms with van der Waals surface area (Å²) in [5, 5.41) is 11.6. The van der Waals surface area contributed by atoms with Crippen LogP contribution in [0.1, 0.15) is 43.8 Å². The number of aliphatic hydroxyl groups is 1. The molecule has 1 atom stereocenters. The molecule has 1 saturated heterocycles. The average Bonchev–Trinajstić information content (AvgIpc) is 3.07. The molecule has 0 radical (unpaired) electrons. The Hall–Kier alpha value is -3.53. The number of ether oxygens (including phenoxy) is 1. The maximum atomic E-state index is 13.5. The van der Waals surface area contributed by atoms with Crippen LogP contribution in [-0.4, -0.2) is 63.9 Å². The van der Waals surface area contributed by atoms with E-state index >= 15 is 0 Å². The van der Waals surface area contributed by atoms with Gasteiger partial charge in [-0.15, -0.1) is 0 Å². The number of barbiturate groups is 1. The van der Waals surface area contributed by atoms with Crippen LogP contribution in [0.2, 0.25) is 0 Å². The van der Waals surface area contributed by atoms with Crippen molar-refractivity contribution in [2.45, 2.75) is 44.9 Å². The average molecular weight is 441 g/mol. The highest BCUT2D eigenvalue weighted by atomic mass is 16.5. The topological polar surface area (TPSA) is 130 Å². The number of hydrogen-bond donors (Lipinski definition) is 1. The predicted molar refractivity (Wildman–Crippen MR) is 113 cm³/mol. The minimum atomic E-state index is -2.87. The van der Waals surface area contributed by atoms with E-state index in [0.29, 0.717) is 9.80 Å². The molecule has 1 unspecified atom stereocenters. The van der Waals surface area contributed by atoms with Crippen molar-refractivity contribution in [2.24, 2.45) is 4.99 Å². The lowest BCUT2D eigenvalue weighted by atomic mass is 9.87. The van der Waals surface area contributed by atoms with Crippen molar-refractivity contribution in [1.82, 2.24) is 9.80 Å². The van der Waals surface area contributed by atoms with E-state index in [1.54, 1.807) is 45.9 Å². The van der Waals surface area contributed by atoms with Gasteiger partial charge in [-0.3, -0.25) is 24.2 Å². The maximum absolute atomic E-state index is 13.5. The number of aliphatic imine (C=N–C) groups is 1. The largest absolute Gasteiger partial charge is 0.462 e. The highest BCUT2D eigenvalue weighted by Crippen LogP contribution is 2.42. The summed E-state index contributed by atoms with van der Waals surface area (Å²) < 4.78 is 11.7. The third-order valence-corrected chi connectivity index (χ3v) is 5.42. The number of imide groups is 2. The van der Waals surface area contributed by atoms with Gasteiger partial charge in [0.25, 0.3) is 23.3 Å². The molecule has 0 spiro atoms. The number of benzene rings is 1. The number of hydrogen-bond acceptors (Lipinski definition) is 8. The molecule has 32 heavy (non-hydrogen) atoms. The smallest absolute Gasteiger partial charge is 0.333 e. The molecule has 4 rings (SSSR count). The van der Waals surface area contributed by atoms with Crippen molar-refractivity contribution in [3.8, 4) is 0 Å². The van der Waals surface area contributed by atoms with E-state index in [1.807, 2.05) is 0 Å². The molecule has 2 aliphatic heterocycles. The Morgan fingerprint density at radius 1 is 1.06 bits per heavy atom. The van der Waals surface area contributed by atoms with Crippen molar-refractivity contribution < 1.29 is 28.6 Å². The van der Waals surface area contributed by atoms with Crippen molar-refractivity contribution in [3.05, 3.63) is 45.3 Å². The summed E-state index contributed by atoms with van der Waals surface area (Å²) in [6.07, 6.45) is -1.75. The van der Waals surface area contributed by atoms with Crippen LogP contribution in [0.15, 0.2) is 32.4 Å². The van der Waals surface area contributed by atoms with Crippen LogP contribution >= 0.6 is 0 Å². The van der Waals surface area contributed by atoms with Crippen LogP contribution in [0.5, 0.6) is 0 Å². The lowest BCUT2D eigenvalue weighted by Crippen LogP contribution is -2.69. The van der Waals surface area contributed by atoms with E-state index in [1.165, 1.54) is 0 Å². The first-order valence-electron chi connectivity index (χ1n) is 9.94. The van der Waals surface area contributed by atoms with E-state index < -0.39 is 40.5 Å². The number of urea groups is 1. The molecule has 3 heterocycles. The lowest BCUT2D eigenvalue weighted by Gasteiger charge is -2.40. The summed E-state index contributed by atoms with van der Waals surface area (Å²) in [6.45, 7) is 7.14. The van der Waals surface area contributed by atoms with Crippen LogP contribution in [0.3, 0.4) is 0 Å². The van der Waals surface area contributed by atoms with Gasteiger partial charge in [0.2, 0.25) is 5.43 Å². The normalized spacial score (nSPS) is 22.0. The number of fused-ring (bicyclic) bond motifs is 2. The van der Waals surface area contributed by atoms with Gasteiger partial charge in [-0.2, -0.15) is 0 Å². The van der Waals surface area contributed by atoms with Gasteiger partial charge >= 0.3 is 6.03 Å². The Morgan fingerprint density at radius 2 is 1.66 bits per heavy atom. The zero-order chi connectivity index (χ0) is 23.7. The number of amides is 4. The minimum absolute atomic E-state index is 0.0671. The van der Waals surface area contributed by atoms with Crippen molar-refractivity contribution in [1.29, 1.82) is 0 Å². The Bertz CT molecular complexity index is 1260. The third kappa shape index (κ3) is 2.94. The molecule has 168 valence electrons. The van der Waals surface area contributed by atoms with Gasteiger partial charge in [0.1, 0.15) is 5.58 Å². The molecule has 1 N–H and O–H groups in total. The summed E-state index contributed by atoms with van der Waals surface area (Å²) in [6, 6.07) is 4.09. The molecule has 2 aromatic rings. The highest BCUT2D eigenvalue weighted by Gasteiger charge is 2.64. The van der Waals surface area contributed by atoms with E-state index in [9.17, 15) is 24.3 Å². The summed E-state index contributed by atoms with van der Waals surface area (Å²) in [5.74, 6) is -2.60. The lowest BCUT2D eigenvalue weighted by molar-refractivity contribution is -0.179. The van der Waals surface area contributed by atoms with Crippen molar-refractivity contribution >= 4 is 34.7 Å². The molecule has 0 saturated carbocycles. The molecular formula is C22H23N3O7. The first kappa shape index (κ1) is 21.7. The van der Waals surface area contributed by atoms with Crippen LogP contribution in [0.25, 0.3) is 11.0 Å². The number of likely N-dealkylation sites (N-methyl/N-ethyl adjacent to an activating group) is 2. The fourth-order valence-corrected chi connectivity index (χ4v) is 3.85. The Morgan fingerprint density at radius 3 is 2.22 bits per heavy atom. The molecule has 1 aromatic carbocycles. The standard InChI is InChI=1S/C22H23N3O7/c1-10-7-8-12-11(9-10)14(26)13-15(31-12)17(23-21(2,3)4)32-16(13)22(30)18(27)24(5)20(29)25(6)19(22)28/h7-9,16,30H,1-6H3. The minimum Gasteiger partial charge on any atom is -0.462 e. The molecule has 1 aromatic heterocycles. The van der Waals surface area contributed by atoms with Crippen LogP contribution in [0, 0.1) is 6.92 Å². The predicted octanol–water partition coefficient (Wildman–Crippen LogP) is 1.50. The monoisotopic (exact) mass is 441 g/mol. The SMILES string of the molecule is Cc1ccc2oc3c(c(=O)c2c1)C(C1(O)C(=O)N(C)C(=O)N(C)C1=O)OC3=NC(C)(C)C. The molecule has 10 heteroatoms. The van der Waals surface area contributed by atoms with Crippen LogP contribution in [0.4, 0.5) is 4.79 Å². The fourth-order valence-electron chi connectivity index (χ4n) is 3.85. The summed E-state index contributed by atoms with van der Waals surface area (Å²) in [5.41, 5.74) is -3.25. The second kappa shape index (κ2) is 6.73. The first-order valence-corrected chi connectivity index (χ1v) is 9.94. The van der Waals surface area contributed by atoms with Crippen molar-refractivity contribution in [2.75, 3.05) is 14.1 Å². The van der Waals surface area contributed by atoms with Gasteiger partial charge in [-0.25, -0.2) is 9.79 Å². The van der Waals surface area contributed by atoms with E-state index in [0.717, 1.165) is 19.7 Å². The van der Waals surface area contributed by atoms with Gasteiger partial charge in [-0.05, 0) is 39.8 Å². The number of rotatable bonds is 1. The first-order chi connectivity index (χ1) is 14.8. The highest BCUT2D eigenvalue weighted by molar-refractivity contribution is 6.22. The van der Waals surface area contributed by atoms with E-state index in [-0.39, 0.29) is 28.2 Å². The zero-order valence-corrected chi connectivity index (χ0v) is 18.5. The number of aryl methyl sites for hydroxylation is 1. The quantitative estimate of drug-likeness (QED) is 0.664. The molecule has 4 amide bonds. The fraction of sp³-hybridized carbons (Fsp3) is 0.409. The molecule has 1 fully saturated rings. The summed E-state index contributed by atoms with van der Waals surface area (Å²) >= 11 is 0. The molecule has 0 bridgehead atoms. The third-order valence-electron chi connectivity index (χ3n) is 5.42. The molecule has 0 aliphatic carbocycles. The Labute approximate surface area is 183 Å². The Kier molecular flexibility index (Phi) is 4.56. The molecular weight excluding hydrogens is 418 g/mol. The van der Waals surface area contributed by atoms with Gasteiger partial charge in [-0.1, -0.05) is 11.6 Å². The molecule has 2 aliphatic rings. The number of nitrogens with zero attached hydrogens (tertiary/aromatic N) is 3. The van der Waals surface area contributed by atoms with Gasteiger partial charge in [0.15, 0.2) is 11.9 Å². The summed E-state index contributed by atoms with van der Waals surface area (Å²) in [4.78, 5) is 57.3. The maximum Gasteiger partial charge on any atom is 0.333 e. The number of carbonyl (C=O) groups is 3. The second-order valence-corrected chi connectivity index (χ2v) is 9.04. The van der Waals surface area contributed by atoms with Crippen LogP contribution in [-0.2, 0) is 14.3 Å². The Balaban J connectivity index is 2.04. The van der Waals surface area contributed by atoms with Crippen molar-refractivity contribution in [3.63, 3.8) is 0 Å². The molecule has 10 nitrogen and oxygen atoms in total. The van der Waals surface area contributed by atoms with Gasteiger partial charge in [0.05, 0.1) is 16.5 Å². The zero-order valence-electron chi connectivity index (χ0n) is 18.5.